The van der Waals surface area contributed by atoms with Crippen molar-refractivity contribution in [2.45, 2.75) is 32.7 Å². The van der Waals surface area contributed by atoms with Gasteiger partial charge in [-0.05, 0) is 38.0 Å². The number of hydrogen-bond donors (Lipinski definition) is 1. The summed E-state index contributed by atoms with van der Waals surface area (Å²) in [6.07, 6.45) is 2.44. The van der Waals surface area contributed by atoms with Crippen molar-refractivity contribution < 1.29 is 9.84 Å². The molecule has 110 valence electrons. The summed E-state index contributed by atoms with van der Waals surface area (Å²) in [5.41, 5.74) is 2.01. The zero-order valence-corrected chi connectivity index (χ0v) is 12.6. The van der Waals surface area contributed by atoms with Crippen molar-refractivity contribution in [1.29, 1.82) is 0 Å². The van der Waals surface area contributed by atoms with Crippen LogP contribution in [0.1, 0.15) is 25.6 Å². The van der Waals surface area contributed by atoms with E-state index < -0.39 is 0 Å². The SMILES string of the molecule is CCOCCCn1c(CCCO)nc2ccc(Cl)cc21. The molecular formula is C15H21ClN2O2. The Labute approximate surface area is 124 Å². The highest BCUT2D eigenvalue weighted by molar-refractivity contribution is 6.31. The lowest BCUT2D eigenvalue weighted by atomic mass is 10.3. The highest BCUT2D eigenvalue weighted by Crippen LogP contribution is 2.22. The first kappa shape index (κ1) is 15.3. The van der Waals surface area contributed by atoms with Gasteiger partial charge in [0.15, 0.2) is 0 Å². The number of fused-ring (bicyclic) bond motifs is 1. The van der Waals surface area contributed by atoms with Crippen LogP contribution in [0.3, 0.4) is 0 Å². The molecule has 1 aromatic carbocycles. The minimum atomic E-state index is 0.183. The van der Waals surface area contributed by atoms with Gasteiger partial charge in [-0.1, -0.05) is 11.6 Å². The average molecular weight is 297 g/mol. The Balaban J connectivity index is 2.23. The average Bonchev–Trinajstić information content (AvgIpc) is 2.78. The smallest absolute Gasteiger partial charge is 0.109 e. The van der Waals surface area contributed by atoms with E-state index in [0.29, 0.717) is 0 Å². The van der Waals surface area contributed by atoms with Crippen molar-refractivity contribution in [3.8, 4) is 0 Å². The Morgan fingerprint density at radius 2 is 2.20 bits per heavy atom. The molecule has 5 heteroatoms. The third-order valence-corrected chi connectivity index (χ3v) is 3.46. The zero-order valence-electron chi connectivity index (χ0n) is 11.8. The maximum absolute atomic E-state index is 9.01. The van der Waals surface area contributed by atoms with E-state index in [-0.39, 0.29) is 6.61 Å². The Morgan fingerprint density at radius 1 is 1.35 bits per heavy atom. The molecule has 0 radical (unpaired) electrons. The van der Waals surface area contributed by atoms with Gasteiger partial charge in [-0.25, -0.2) is 4.98 Å². The summed E-state index contributed by atoms with van der Waals surface area (Å²) in [5.74, 6) is 1.01. The third kappa shape index (κ3) is 3.72. The van der Waals surface area contributed by atoms with Gasteiger partial charge in [0.05, 0.1) is 11.0 Å². The van der Waals surface area contributed by atoms with E-state index in [1.807, 2.05) is 25.1 Å². The standard InChI is InChI=1S/C15H21ClN2O2/c1-2-20-10-4-8-18-14-11-12(16)6-7-13(14)17-15(18)5-3-9-19/h6-7,11,19H,2-5,8-10H2,1H3. The molecule has 0 saturated carbocycles. The lowest BCUT2D eigenvalue weighted by Crippen LogP contribution is -2.07. The van der Waals surface area contributed by atoms with Gasteiger partial charge < -0.3 is 14.4 Å². The van der Waals surface area contributed by atoms with E-state index in [1.54, 1.807) is 0 Å². The number of imidazole rings is 1. The highest BCUT2D eigenvalue weighted by atomic mass is 35.5. The second kappa shape index (κ2) is 7.62. The van der Waals surface area contributed by atoms with Crippen molar-refractivity contribution >= 4 is 22.6 Å². The number of rotatable bonds is 8. The van der Waals surface area contributed by atoms with E-state index >= 15 is 0 Å². The van der Waals surface area contributed by atoms with Crippen LogP contribution in [0.15, 0.2) is 18.2 Å². The van der Waals surface area contributed by atoms with Gasteiger partial charge in [0, 0.05) is 37.8 Å². The van der Waals surface area contributed by atoms with Crippen molar-refractivity contribution in [2.24, 2.45) is 0 Å². The molecule has 0 unspecified atom stereocenters. The highest BCUT2D eigenvalue weighted by Gasteiger charge is 2.10. The second-order valence-corrected chi connectivity index (χ2v) is 5.13. The number of aryl methyl sites for hydroxylation is 2. The number of aromatic nitrogens is 2. The molecule has 0 saturated heterocycles. The third-order valence-electron chi connectivity index (χ3n) is 3.22. The number of aliphatic hydroxyl groups is 1. The van der Waals surface area contributed by atoms with Crippen LogP contribution in [0, 0.1) is 0 Å². The fourth-order valence-corrected chi connectivity index (χ4v) is 2.46. The van der Waals surface area contributed by atoms with E-state index in [0.717, 1.165) is 60.9 Å². The van der Waals surface area contributed by atoms with E-state index in [4.69, 9.17) is 21.4 Å². The molecule has 0 amide bonds. The quantitative estimate of drug-likeness (QED) is 0.762. The van der Waals surface area contributed by atoms with E-state index in [1.165, 1.54) is 0 Å². The first-order valence-corrected chi connectivity index (χ1v) is 7.47. The fraction of sp³-hybridized carbons (Fsp3) is 0.533. The van der Waals surface area contributed by atoms with Gasteiger partial charge in [-0.2, -0.15) is 0 Å². The molecule has 2 aromatic rings. The normalized spacial score (nSPS) is 11.3. The number of ether oxygens (including phenoxy) is 1. The van der Waals surface area contributed by atoms with Crippen molar-refractivity contribution in [2.75, 3.05) is 19.8 Å². The summed E-state index contributed by atoms with van der Waals surface area (Å²) >= 11 is 6.08. The number of hydrogen-bond acceptors (Lipinski definition) is 3. The number of halogens is 1. The molecule has 20 heavy (non-hydrogen) atoms. The molecule has 4 nitrogen and oxygen atoms in total. The van der Waals surface area contributed by atoms with Gasteiger partial charge in [0.1, 0.15) is 5.82 Å². The molecule has 0 atom stereocenters. The van der Waals surface area contributed by atoms with Crippen molar-refractivity contribution in [1.82, 2.24) is 9.55 Å². The fourth-order valence-electron chi connectivity index (χ4n) is 2.29. The molecule has 0 aliphatic carbocycles. The van der Waals surface area contributed by atoms with Crippen LogP contribution in [0.2, 0.25) is 5.02 Å². The topological polar surface area (TPSA) is 47.3 Å². The van der Waals surface area contributed by atoms with E-state index in [2.05, 4.69) is 9.55 Å². The first-order chi connectivity index (χ1) is 9.76. The maximum atomic E-state index is 9.01. The minimum Gasteiger partial charge on any atom is -0.396 e. The molecule has 1 N–H and O–H groups in total. The van der Waals surface area contributed by atoms with Gasteiger partial charge in [-0.3, -0.25) is 0 Å². The molecule has 0 bridgehead atoms. The summed E-state index contributed by atoms with van der Waals surface area (Å²) in [5, 5.41) is 9.72. The summed E-state index contributed by atoms with van der Waals surface area (Å²) < 4.78 is 7.58. The summed E-state index contributed by atoms with van der Waals surface area (Å²) in [7, 11) is 0. The summed E-state index contributed by atoms with van der Waals surface area (Å²) in [4.78, 5) is 4.64. The lowest BCUT2D eigenvalue weighted by molar-refractivity contribution is 0.141. The van der Waals surface area contributed by atoms with Gasteiger partial charge >= 0.3 is 0 Å². The lowest BCUT2D eigenvalue weighted by Gasteiger charge is -2.09. The van der Waals surface area contributed by atoms with Crippen LogP contribution < -0.4 is 0 Å². The van der Waals surface area contributed by atoms with Crippen LogP contribution in [-0.2, 0) is 17.7 Å². The molecule has 0 aliphatic rings. The molecular weight excluding hydrogens is 276 g/mol. The molecule has 1 aromatic heterocycles. The Kier molecular flexibility index (Phi) is 5.83. The maximum Gasteiger partial charge on any atom is 0.109 e. The summed E-state index contributed by atoms with van der Waals surface area (Å²) in [6, 6.07) is 5.75. The second-order valence-electron chi connectivity index (χ2n) is 4.69. The van der Waals surface area contributed by atoms with Crippen LogP contribution in [0.5, 0.6) is 0 Å². The van der Waals surface area contributed by atoms with Gasteiger partial charge in [0.25, 0.3) is 0 Å². The van der Waals surface area contributed by atoms with Crippen LogP contribution >= 0.6 is 11.6 Å². The molecule has 0 fully saturated rings. The molecule has 0 spiro atoms. The minimum absolute atomic E-state index is 0.183. The monoisotopic (exact) mass is 296 g/mol. The molecule has 2 rings (SSSR count). The Hall–Kier alpha value is -1.10. The number of aliphatic hydroxyl groups excluding tert-OH is 1. The Bertz CT molecular complexity index is 554. The molecule has 0 aliphatic heterocycles. The van der Waals surface area contributed by atoms with Gasteiger partial charge in [-0.15, -0.1) is 0 Å². The van der Waals surface area contributed by atoms with Crippen molar-refractivity contribution in [3.63, 3.8) is 0 Å². The van der Waals surface area contributed by atoms with E-state index in [9.17, 15) is 0 Å². The van der Waals surface area contributed by atoms with Crippen LogP contribution in [0.4, 0.5) is 0 Å². The largest absolute Gasteiger partial charge is 0.396 e. The molecule has 1 heterocycles. The number of nitrogens with zero attached hydrogens (tertiary/aromatic N) is 2. The number of benzene rings is 1. The van der Waals surface area contributed by atoms with Crippen molar-refractivity contribution in [3.05, 3.63) is 29.0 Å². The Morgan fingerprint density at radius 3 is 2.95 bits per heavy atom. The predicted octanol–water partition coefficient (Wildman–Crippen LogP) is 3.04. The predicted molar refractivity (Wildman–Crippen MR) is 81.3 cm³/mol. The van der Waals surface area contributed by atoms with Gasteiger partial charge in [0.2, 0.25) is 0 Å². The van der Waals surface area contributed by atoms with Crippen LogP contribution in [-0.4, -0.2) is 34.5 Å². The van der Waals surface area contributed by atoms with Crippen LogP contribution in [0.25, 0.3) is 11.0 Å². The summed E-state index contributed by atoms with van der Waals surface area (Å²) in [6.45, 7) is 4.53. The first-order valence-electron chi connectivity index (χ1n) is 7.09. The zero-order chi connectivity index (χ0) is 14.4.